The van der Waals surface area contributed by atoms with Gasteiger partial charge in [-0.25, -0.2) is 0 Å². The summed E-state index contributed by atoms with van der Waals surface area (Å²) in [7, 11) is 0. The van der Waals surface area contributed by atoms with Crippen molar-refractivity contribution in [1.29, 1.82) is 0 Å². The van der Waals surface area contributed by atoms with Gasteiger partial charge in [-0.15, -0.1) is 0 Å². The van der Waals surface area contributed by atoms with Crippen LogP contribution in [0.25, 0.3) is 0 Å². The molecule has 2 N–H and O–H groups in total. The van der Waals surface area contributed by atoms with Crippen LogP contribution >= 0.6 is 0 Å². The van der Waals surface area contributed by atoms with Crippen LogP contribution in [-0.4, -0.2) is 35.7 Å². The first kappa shape index (κ1) is 11.4. The smallest absolute Gasteiger partial charge is 0.306 e. The highest BCUT2D eigenvalue weighted by molar-refractivity contribution is 5.79. The van der Waals surface area contributed by atoms with Gasteiger partial charge in [-0.3, -0.25) is 9.59 Å². The second kappa shape index (κ2) is 4.82. The van der Waals surface area contributed by atoms with Crippen LogP contribution in [0.15, 0.2) is 0 Å². The van der Waals surface area contributed by atoms with E-state index in [1.807, 2.05) is 0 Å². The van der Waals surface area contributed by atoms with E-state index in [0.29, 0.717) is 25.7 Å². The van der Waals surface area contributed by atoms with E-state index in [4.69, 9.17) is 9.84 Å². The number of carbonyl (C=O) groups is 2. The summed E-state index contributed by atoms with van der Waals surface area (Å²) < 4.78 is 5.22. The lowest BCUT2D eigenvalue weighted by Gasteiger charge is -2.22. The van der Waals surface area contributed by atoms with Gasteiger partial charge in [0.2, 0.25) is 5.91 Å². The first-order chi connectivity index (χ1) is 7.70. The molecule has 0 unspecified atom stereocenters. The number of carbonyl (C=O) groups excluding carboxylic acids is 2. The van der Waals surface area contributed by atoms with Gasteiger partial charge < -0.3 is 15.2 Å². The summed E-state index contributed by atoms with van der Waals surface area (Å²) in [5.74, 6) is -0.0372. The predicted octanol–water partition coefficient (Wildman–Crippen LogP) is -0.0308. The quantitative estimate of drug-likeness (QED) is 0.661. The topological polar surface area (TPSA) is 75.6 Å². The highest BCUT2D eigenvalue weighted by Gasteiger charge is 2.41. The number of aliphatic hydroxyl groups is 1. The molecule has 2 heterocycles. The molecule has 0 aromatic rings. The molecule has 1 amide bonds. The highest BCUT2D eigenvalue weighted by Crippen LogP contribution is 2.31. The van der Waals surface area contributed by atoms with E-state index in [9.17, 15) is 9.59 Å². The van der Waals surface area contributed by atoms with Crippen molar-refractivity contribution in [1.82, 2.24) is 5.32 Å². The zero-order chi connectivity index (χ0) is 11.5. The van der Waals surface area contributed by atoms with Gasteiger partial charge in [0.15, 0.2) is 0 Å². The van der Waals surface area contributed by atoms with Gasteiger partial charge in [0.25, 0.3) is 0 Å². The minimum Gasteiger partial charge on any atom is -0.462 e. The SMILES string of the molecule is O=C1CC[C@H]([C@@H]2CC(=O)O[C@H]2CCCO)N1. The van der Waals surface area contributed by atoms with Gasteiger partial charge in [-0.2, -0.15) is 0 Å². The van der Waals surface area contributed by atoms with Crippen LogP contribution in [0, 0.1) is 5.92 Å². The third-order valence-corrected chi connectivity index (χ3v) is 3.36. The lowest BCUT2D eigenvalue weighted by atomic mass is 9.89. The molecule has 2 aliphatic heterocycles. The van der Waals surface area contributed by atoms with E-state index in [2.05, 4.69) is 5.32 Å². The van der Waals surface area contributed by atoms with Crippen molar-refractivity contribution in [3.63, 3.8) is 0 Å². The number of nitrogens with one attached hydrogen (secondary N) is 1. The summed E-state index contributed by atoms with van der Waals surface area (Å²) in [4.78, 5) is 22.4. The molecule has 3 atom stereocenters. The lowest BCUT2D eigenvalue weighted by Crippen LogP contribution is -2.37. The summed E-state index contributed by atoms with van der Waals surface area (Å²) in [5, 5.41) is 11.7. The fraction of sp³-hybridized carbons (Fsp3) is 0.818. The zero-order valence-corrected chi connectivity index (χ0v) is 9.15. The second-order valence-corrected chi connectivity index (χ2v) is 4.47. The van der Waals surface area contributed by atoms with E-state index in [1.54, 1.807) is 0 Å². The fourth-order valence-corrected chi connectivity index (χ4v) is 2.55. The van der Waals surface area contributed by atoms with Crippen molar-refractivity contribution in [2.24, 2.45) is 5.92 Å². The van der Waals surface area contributed by atoms with Crippen LogP contribution in [0.5, 0.6) is 0 Å². The summed E-state index contributed by atoms with van der Waals surface area (Å²) in [6.07, 6.45) is 2.90. The predicted molar refractivity (Wildman–Crippen MR) is 55.5 cm³/mol. The largest absolute Gasteiger partial charge is 0.462 e. The van der Waals surface area contributed by atoms with Crippen molar-refractivity contribution in [3.05, 3.63) is 0 Å². The van der Waals surface area contributed by atoms with Gasteiger partial charge in [0.05, 0.1) is 6.42 Å². The Morgan fingerprint density at radius 1 is 1.44 bits per heavy atom. The molecule has 0 aromatic carbocycles. The third-order valence-electron chi connectivity index (χ3n) is 3.36. The van der Waals surface area contributed by atoms with Crippen molar-refractivity contribution in [3.8, 4) is 0 Å². The molecule has 0 radical (unpaired) electrons. The number of aliphatic hydroxyl groups excluding tert-OH is 1. The Kier molecular flexibility index (Phi) is 3.43. The third kappa shape index (κ3) is 2.35. The van der Waals surface area contributed by atoms with Gasteiger partial charge in [0, 0.05) is 25.0 Å². The van der Waals surface area contributed by atoms with Crippen LogP contribution < -0.4 is 5.32 Å². The molecule has 0 bridgehead atoms. The van der Waals surface area contributed by atoms with Gasteiger partial charge in [-0.05, 0) is 19.3 Å². The number of hydrogen-bond acceptors (Lipinski definition) is 4. The number of rotatable bonds is 4. The molecular formula is C11H17NO4. The van der Waals surface area contributed by atoms with E-state index in [-0.39, 0.29) is 36.5 Å². The number of hydrogen-bond donors (Lipinski definition) is 2. The maximum Gasteiger partial charge on any atom is 0.306 e. The van der Waals surface area contributed by atoms with Crippen LogP contribution in [0.2, 0.25) is 0 Å². The molecule has 16 heavy (non-hydrogen) atoms. The van der Waals surface area contributed by atoms with Crippen molar-refractivity contribution >= 4 is 11.9 Å². The Morgan fingerprint density at radius 3 is 2.88 bits per heavy atom. The maximum atomic E-state index is 11.3. The van der Waals surface area contributed by atoms with Crippen LogP contribution in [0.4, 0.5) is 0 Å². The molecule has 0 spiro atoms. The molecule has 0 aromatic heterocycles. The summed E-state index contributed by atoms with van der Waals surface area (Å²) in [5.41, 5.74) is 0. The molecule has 90 valence electrons. The average molecular weight is 227 g/mol. The summed E-state index contributed by atoms with van der Waals surface area (Å²) in [6.45, 7) is 0.109. The second-order valence-electron chi connectivity index (χ2n) is 4.47. The minimum absolute atomic E-state index is 0.0604. The number of cyclic esters (lactones) is 1. The summed E-state index contributed by atoms with van der Waals surface area (Å²) in [6, 6.07) is 0.0719. The van der Waals surface area contributed by atoms with Crippen molar-refractivity contribution < 1.29 is 19.4 Å². The highest BCUT2D eigenvalue weighted by atomic mass is 16.5. The Hall–Kier alpha value is -1.10. The number of amides is 1. The van der Waals surface area contributed by atoms with Crippen molar-refractivity contribution in [2.45, 2.75) is 44.2 Å². The van der Waals surface area contributed by atoms with Gasteiger partial charge in [0.1, 0.15) is 6.10 Å². The number of ether oxygens (including phenoxy) is 1. The lowest BCUT2D eigenvalue weighted by molar-refractivity contribution is -0.141. The Balaban J connectivity index is 1.95. The Morgan fingerprint density at radius 2 is 2.25 bits per heavy atom. The van der Waals surface area contributed by atoms with Gasteiger partial charge in [-0.1, -0.05) is 0 Å². The monoisotopic (exact) mass is 227 g/mol. The molecule has 5 heteroatoms. The maximum absolute atomic E-state index is 11.3. The van der Waals surface area contributed by atoms with Crippen LogP contribution in [0.1, 0.15) is 32.1 Å². The molecule has 5 nitrogen and oxygen atoms in total. The fourth-order valence-electron chi connectivity index (χ4n) is 2.55. The molecule has 2 fully saturated rings. The molecule has 0 saturated carbocycles. The molecule has 0 aliphatic carbocycles. The minimum atomic E-state index is -0.186. The van der Waals surface area contributed by atoms with Crippen LogP contribution in [0.3, 0.4) is 0 Å². The normalized spacial score (nSPS) is 33.9. The van der Waals surface area contributed by atoms with E-state index in [0.717, 1.165) is 6.42 Å². The molecule has 2 rings (SSSR count). The Labute approximate surface area is 94.2 Å². The molecule has 2 saturated heterocycles. The molecule has 2 aliphatic rings. The standard InChI is InChI=1S/C11H17NO4/c13-5-1-2-9-7(6-11(15)16-9)8-3-4-10(14)12-8/h7-9,13H,1-6H2,(H,12,14)/t7-,8+,9-/m0/s1. The van der Waals surface area contributed by atoms with Crippen molar-refractivity contribution in [2.75, 3.05) is 6.61 Å². The van der Waals surface area contributed by atoms with E-state index < -0.39 is 0 Å². The van der Waals surface area contributed by atoms with E-state index in [1.165, 1.54) is 0 Å². The summed E-state index contributed by atoms with van der Waals surface area (Å²) >= 11 is 0. The number of esters is 1. The zero-order valence-electron chi connectivity index (χ0n) is 9.15. The van der Waals surface area contributed by atoms with Gasteiger partial charge >= 0.3 is 5.97 Å². The molecular weight excluding hydrogens is 210 g/mol. The first-order valence-electron chi connectivity index (χ1n) is 5.80. The van der Waals surface area contributed by atoms with E-state index >= 15 is 0 Å². The first-order valence-corrected chi connectivity index (χ1v) is 5.80. The Bertz CT molecular complexity index is 292. The average Bonchev–Trinajstić information content (AvgIpc) is 2.81. The van der Waals surface area contributed by atoms with Crippen LogP contribution in [-0.2, 0) is 14.3 Å².